The van der Waals surface area contributed by atoms with E-state index >= 15 is 0 Å². The minimum absolute atomic E-state index is 0.199. The van der Waals surface area contributed by atoms with Crippen LogP contribution in [0.1, 0.15) is 29.0 Å². The fourth-order valence-electron chi connectivity index (χ4n) is 4.60. The molecule has 0 bridgehead atoms. The first-order chi connectivity index (χ1) is 16.0. The van der Waals surface area contributed by atoms with Crippen molar-refractivity contribution in [3.63, 3.8) is 0 Å². The summed E-state index contributed by atoms with van der Waals surface area (Å²) in [5.41, 5.74) is 3.41. The maximum atomic E-state index is 13.1. The smallest absolute Gasteiger partial charge is 0.292 e. The van der Waals surface area contributed by atoms with E-state index in [9.17, 15) is 4.79 Å². The Bertz CT molecular complexity index is 1240. The Kier molecular flexibility index (Phi) is 5.42. The van der Waals surface area contributed by atoms with Crippen LogP contribution in [0, 0.1) is 5.41 Å². The van der Waals surface area contributed by atoms with Crippen LogP contribution in [0.5, 0.6) is 5.75 Å². The van der Waals surface area contributed by atoms with Gasteiger partial charge in [-0.1, -0.05) is 41.0 Å². The molecule has 2 aromatic carbocycles. The minimum atomic E-state index is -0.652. The van der Waals surface area contributed by atoms with Gasteiger partial charge in [0.2, 0.25) is 5.76 Å². The van der Waals surface area contributed by atoms with Gasteiger partial charge in [-0.15, -0.1) is 0 Å². The van der Waals surface area contributed by atoms with Gasteiger partial charge in [-0.05, 0) is 24.3 Å². The molecule has 1 amide bonds. The van der Waals surface area contributed by atoms with Crippen molar-refractivity contribution in [2.75, 3.05) is 20.1 Å². The van der Waals surface area contributed by atoms with E-state index < -0.39 is 5.60 Å². The van der Waals surface area contributed by atoms with Crippen LogP contribution in [0.25, 0.3) is 17.0 Å². The highest BCUT2D eigenvalue weighted by Gasteiger charge is 2.45. The summed E-state index contributed by atoms with van der Waals surface area (Å²) in [5, 5.41) is 16.0. The quantitative estimate of drug-likeness (QED) is 0.551. The predicted octanol–water partition coefficient (Wildman–Crippen LogP) is 4.64. The lowest BCUT2D eigenvalue weighted by atomic mass is 9.80. The van der Waals surface area contributed by atoms with Gasteiger partial charge in [0.15, 0.2) is 0 Å². The lowest BCUT2D eigenvalue weighted by molar-refractivity contribution is 0.0271. The molecule has 1 spiro atoms. The molecular formula is C25H23ClN4O3. The van der Waals surface area contributed by atoms with E-state index in [1.54, 1.807) is 23.1 Å². The van der Waals surface area contributed by atoms with Crippen LogP contribution < -0.4 is 10.1 Å². The second kappa shape index (κ2) is 8.41. The van der Waals surface area contributed by atoms with E-state index in [1.807, 2.05) is 43.4 Å². The SMILES string of the molecule is CNC1=C(C=N)C2(CCN(C(=O)c3cc(-c4ccc(Cl)cc4)no3)CC2)Oc2ccccc21. The van der Waals surface area contributed by atoms with Crippen molar-refractivity contribution >= 4 is 29.4 Å². The van der Waals surface area contributed by atoms with Gasteiger partial charge in [-0.3, -0.25) is 4.79 Å². The second-order valence-corrected chi connectivity index (χ2v) is 8.59. The van der Waals surface area contributed by atoms with Crippen LogP contribution in [0.4, 0.5) is 0 Å². The zero-order chi connectivity index (χ0) is 23.0. The first-order valence-corrected chi connectivity index (χ1v) is 11.2. The fourth-order valence-corrected chi connectivity index (χ4v) is 4.73. The highest BCUT2D eigenvalue weighted by Crippen LogP contribution is 2.44. The minimum Gasteiger partial charge on any atom is -0.482 e. The summed E-state index contributed by atoms with van der Waals surface area (Å²) in [7, 11) is 1.86. The topological polar surface area (TPSA) is 91.5 Å². The molecule has 168 valence electrons. The summed E-state index contributed by atoms with van der Waals surface area (Å²) < 4.78 is 11.8. The first-order valence-electron chi connectivity index (χ1n) is 10.8. The van der Waals surface area contributed by atoms with Gasteiger partial charge in [0.1, 0.15) is 17.0 Å². The molecule has 0 aliphatic carbocycles. The number of rotatable bonds is 4. The van der Waals surface area contributed by atoms with E-state index in [1.165, 1.54) is 6.21 Å². The average molecular weight is 463 g/mol. The number of halogens is 1. The number of benzene rings is 2. The summed E-state index contributed by atoms with van der Waals surface area (Å²) >= 11 is 5.95. The normalized spacial score (nSPS) is 16.8. The van der Waals surface area contributed by atoms with Crippen LogP contribution in [0.2, 0.25) is 5.02 Å². The molecule has 0 radical (unpaired) electrons. The van der Waals surface area contributed by atoms with Gasteiger partial charge in [0, 0.05) is 67.0 Å². The molecule has 3 aromatic rings. The number of ether oxygens (including phenoxy) is 1. The molecule has 0 unspecified atom stereocenters. The van der Waals surface area contributed by atoms with Crippen molar-refractivity contribution in [1.29, 1.82) is 5.41 Å². The van der Waals surface area contributed by atoms with Gasteiger partial charge < -0.3 is 24.9 Å². The molecule has 3 heterocycles. The second-order valence-electron chi connectivity index (χ2n) is 8.15. The summed E-state index contributed by atoms with van der Waals surface area (Å²) in [6.45, 7) is 0.957. The Labute approximate surface area is 196 Å². The number of piperidine rings is 1. The van der Waals surface area contributed by atoms with Crippen LogP contribution >= 0.6 is 11.6 Å². The molecule has 0 saturated carbocycles. The highest BCUT2D eigenvalue weighted by atomic mass is 35.5. The number of para-hydroxylation sites is 1. The summed E-state index contributed by atoms with van der Waals surface area (Å²) in [6.07, 6.45) is 2.51. The molecule has 0 atom stereocenters. The molecule has 1 saturated heterocycles. The molecule has 2 N–H and O–H groups in total. The van der Waals surface area contributed by atoms with E-state index in [4.69, 9.17) is 26.3 Å². The van der Waals surface area contributed by atoms with Crippen molar-refractivity contribution in [2.45, 2.75) is 18.4 Å². The number of likely N-dealkylation sites (tertiary alicyclic amines) is 1. The molecule has 1 fully saturated rings. The van der Waals surface area contributed by atoms with Gasteiger partial charge >= 0.3 is 0 Å². The van der Waals surface area contributed by atoms with Crippen molar-refractivity contribution in [3.05, 3.63) is 76.5 Å². The molecule has 2 aliphatic heterocycles. The number of aromatic nitrogens is 1. The number of carbonyl (C=O) groups is 1. The Hall–Kier alpha value is -3.58. The lowest BCUT2D eigenvalue weighted by Crippen LogP contribution is -2.52. The molecule has 8 heteroatoms. The Morgan fingerprint density at radius 1 is 1.18 bits per heavy atom. The highest BCUT2D eigenvalue weighted by molar-refractivity contribution is 6.30. The van der Waals surface area contributed by atoms with Crippen LogP contribution in [-0.2, 0) is 0 Å². The predicted molar refractivity (Wildman–Crippen MR) is 127 cm³/mol. The third-order valence-electron chi connectivity index (χ3n) is 6.34. The zero-order valence-corrected chi connectivity index (χ0v) is 18.9. The van der Waals surface area contributed by atoms with Crippen LogP contribution in [0.3, 0.4) is 0 Å². The monoisotopic (exact) mass is 462 g/mol. The molecular weight excluding hydrogens is 440 g/mol. The van der Waals surface area contributed by atoms with Crippen molar-refractivity contribution in [2.24, 2.45) is 0 Å². The van der Waals surface area contributed by atoms with Crippen LogP contribution in [-0.4, -0.2) is 47.9 Å². The van der Waals surface area contributed by atoms with Gasteiger partial charge in [0.05, 0.1) is 5.70 Å². The number of amides is 1. The van der Waals surface area contributed by atoms with Crippen LogP contribution in [0.15, 0.2) is 64.7 Å². The standard InChI is InChI=1S/C25H23ClN4O3/c1-28-23-18-4-2-3-5-21(18)32-25(19(23)15-27)10-12-30(13-11-25)24(31)22-14-20(29-33-22)16-6-8-17(26)9-7-16/h2-9,14-15,27-28H,10-13H2,1H3. The first kappa shape index (κ1) is 21.3. The maximum Gasteiger partial charge on any atom is 0.292 e. The molecule has 1 aromatic heterocycles. The fraction of sp³-hybridized carbons (Fsp3) is 0.240. The summed E-state index contributed by atoms with van der Waals surface area (Å²) in [4.78, 5) is 14.9. The molecule has 5 rings (SSSR count). The Balaban J connectivity index is 1.35. The van der Waals surface area contributed by atoms with E-state index in [0.29, 0.717) is 36.6 Å². The number of carbonyl (C=O) groups excluding carboxylic acids is 1. The zero-order valence-electron chi connectivity index (χ0n) is 18.1. The summed E-state index contributed by atoms with van der Waals surface area (Å²) in [6, 6.07) is 16.7. The molecule has 33 heavy (non-hydrogen) atoms. The average Bonchev–Trinajstić information content (AvgIpc) is 3.34. The third kappa shape index (κ3) is 3.68. The molecule has 2 aliphatic rings. The Morgan fingerprint density at radius 2 is 1.91 bits per heavy atom. The lowest BCUT2D eigenvalue weighted by Gasteiger charge is -2.45. The van der Waals surface area contributed by atoms with Crippen molar-refractivity contribution < 1.29 is 14.1 Å². The number of fused-ring (bicyclic) bond motifs is 1. The van der Waals surface area contributed by atoms with Gasteiger partial charge in [-0.2, -0.15) is 0 Å². The van der Waals surface area contributed by atoms with Gasteiger partial charge in [0.25, 0.3) is 5.91 Å². The number of nitrogens with one attached hydrogen (secondary N) is 2. The van der Waals surface area contributed by atoms with E-state index in [-0.39, 0.29) is 11.7 Å². The third-order valence-corrected chi connectivity index (χ3v) is 6.59. The summed E-state index contributed by atoms with van der Waals surface area (Å²) in [5.74, 6) is 0.780. The number of nitrogens with zero attached hydrogens (tertiary/aromatic N) is 2. The van der Waals surface area contributed by atoms with Crippen molar-refractivity contribution in [1.82, 2.24) is 15.4 Å². The number of hydrogen-bond donors (Lipinski definition) is 2. The number of hydrogen-bond acceptors (Lipinski definition) is 6. The van der Waals surface area contributed by atoms with E-state index in [0.717, 1.165) is 28.1 Å². The maximum absolute atomic E-state index is 13.1. The largest absolute Gasteiger partial charge is 0.482 e. The Morgan fingerprint density at radius 3 is 2.61 bits per heavy atom. The van der Waals surface area contributed by atoms with Gasteiger partial charge in [-0.25, -0.2) is 0 Å². The van der Waals surface area contributed by atoms with Crippen molar-refractivity contribution in [3.8, 4) is 17.0 Å². The van der Waals surface area contributed by atoms with E-state index in [2.05, 4.69) is 10.5 Å². The molecule has 7 nitrogen and oxygen atoms in total.